The highest BCUT2D eigenvalue weighted by Crippen LogP contribution is 2.18. The van der Waals surface area contributed by atoms with Crippen molar-refractivity contribution in [3.63, 3.8) is 0 Å². The third-order valence-electron chi connectivity index (χ3n) is 3.48. The molecular formula is C17H20N2O3S. The first-order valence-corrected chi connectivity index (χ1v) is 8.28. The molecule has 1 unspecified atom stereocenters. The highest BCUT2D eigenvalue weighted by Gasteiger charge is 2.19. The molecule has 1 aromatic carbocycles. The number of benzene rings is 1. The van der Waals surface area contributed by atoms with Gasteiger partial charge in [-0.1, -0.05) is 30.3 Å². The van der Waals surface area contributed by atoms with Gasteiger partial charge in [0.05, 0.1) is 10.7 Å². The minimum Gasteiger partial charge on any atom is -0.481 e. The van der Waals surface area contributed by atoms with Crippen molar-refractivity contribution in [3.8, 4) is 0 Å². The Balaban J connectivity index is 2.08. The number of hydrogen-bond donors (Lipinski definition) is 2. The van der Waals surface area contributed by atoms with Crippen molar-refractivity contribution in [2.75, 3.05) is 0 Å². The van der Waals surface area contributed by atoms with Crippen LogP contribution in [-0.4, -0.2) is 28.0 Å². The van der Waals surface area contributed by atoms with Gasteiger partial charge in [0, 0.05) is 12.5 Å². The van der Waals surface area contributed by atoms with Crippen molar-refractivity contribution in [2.45, 2.75) is 39.2 Å². The van der Waals surface area contributed by atoms with E-state index in [0.29, 0.717) is 23.4 Å². The lowest BCUT2D eigenvalue weighted by atomic mass is 10.0. The number of carboxylic acid groups (broad SMARTS) is 1. The zero-order chi connectivity index (χ0) is 16.8. The minimum atomic E-state index is -0.859. The number of carbonyl (C=O) groups is 2. The van der Waals surface area contributed by atoms with Crippen LogP contribution in [0.5, 0.6) is 0 Å². The van der Waals surface area contributed by atoms with Crippen molar-refractivity contribution >= 4 is 23.2 Å². The van der Waals surface area contributed by atoms with Crippen molar-refractivity contribution in [2.24, 2.45) is 0 Å². The number of carboxylic acids is 1. The van der Waals surface area contributed by atoms with Crippen LogP contribution in [0.3, 0.4) is 0 Å². The molecule has 0 bridgehead atoms. The number of amides is 1. The molecule has 0 aliphatic carbocycles. The number of thiazole rings is 1. The van der Waals surface area contributed by atoms with Crippen LogP contribution in [-0.2, 0) is 11.2 Å². The normalized spacial score (nSPS) is 11.9. The van der Waals surface area contributed by atoms with E-state index in [4.69, 9.17) is 5.11 Å². The number of carbonyl (C=O) groups excluding carboxylic acids is 1. The molecule has 0 saturated heterocycles. The van der Waals surface area contributed by atoms with Crippen LogP contribution < -0.4 is 5.32 Å². The van der Waals surface area contributed by atoms with Gasteiger partial charge in [0.25, 0.3) is 5.91 Å². The fraction of sp³-hybridized carbons (Fsp3) is 0.353. The third kappa shape index (κ3) is 5.17. The Hall–Kier alpha value is -2.21. The predicted octanol–water partition coefficient (Wildman–Crippen LogP) is 2.97. The molecule has 0 aliphatic heterocycles. The van der Waals surface area contributed by atoms with Crippen LogP contribution >= 0.6 is 11.3 Å². The van der Waals surface area contributed by atoms with Gasteiger partial charge in [-0.2, -0.15) is 0 Å². The second kappa shape index (κ2) is 7.87. The van der Waals surface area contributed by atoms with Crippen LogP contribution in [0.15, 0.2) is 30.3 Å². The molecule has 2 aromatic rings. The Kier molecular flexibility index (Phi) is 5.87. The SMILES string of the molecule is Cc1nc(C)c(C(=O)NC(CCC(=O)O)Cc2ccccc2)s1. The summed E-state index contributed by atoms with van der Waals surface area (Å²) in [6.07, 6.45) is 1.03. The molecule has 23 heavy (non-hydrogen) atoms. The summed E-state index contributed by atoms with van der Waals surface area (Å²) in [5.74, 6) is -1.04. The van der Waals surface area contributed by atoms with E-state index in [1.54, 1.807) is 0 Å². The molecule has 1 atom stereocenters. The Labute approximate surface area is 139 Å². The number of aliphatic carboxylic acids is 1. The average molecular weight is 332 g/mol. The molecule has 0 saturated carbocycles. The van der Waals surface area contributed by atoms with Gasteiger partial charge in [-0.3, -0.25) is 9.59 Å². The Morgan fingerprint density at radius 3 is 2.52 bits per heavy atom. The average Bonchev–Trinajstić information content (AvgIpc) is 2.84. The first-order valence-electron chi connectivity index (χ1n) is 7.46. The van der Waals surface area contributed by atoms with Gasteiger partial charge in [-0.25, -0.2) is 4.98 Å². The monoisotopic (exact) mass is 332 g/mol. The molecule has 0 radical (unpaired) electrons. The summed E-state index contributed by atoms with van der Waals surface area (Å²) >= 11 is 1.36. The summed E-state index contributed by atoms with van der Waals surface area (Å²) < 4.78 is 0. The quantitative estimate of drug-likeness (QED) is 0.817. The van der Waals surface area contributed by atoms with Gasteiger partial charge >= 0.3 is 5.97 Å². The van der Waals surface area contributed by atoms with Crippen LogP contribution in [0.1, 0.15) is 38.8 Å². The molecule has 0 fully saturated rings. The number of aromatic nitrogens is 1. The second-order valence-corrected chi connectivity index (χ2v) is 6.64. The molecule has 6 heteroatoms. The number of rotatable bonds is 7. The van der Waals surface area contributed by atoms with E-state index < -0.39 is 5.97 Å². The van der Waals surface area contributed by atoms with Gasteiger partial charge in [-0.05, 0) is 32.3 Å². The molecular weight excluding hydrogens is 312 g/mol. The first-order chi connectivity index (χ1) is 11.0. The van der Waals surface area contributed by atoms with Crippen molar-refractivity contribution in [3.05, 3.63) is 51.5 Å². The van der Waals surface area contributed by atoms with Gasteiger partial charge in [0.15, 0.2) is 0 Å². The first kappa shape index (κ1) is 17.1. The lowest BCUT2D eigenvalue weighted by molar-refractivity contribution is -0.137. The molecule has 1 amide bonds. The summed E-state index contributed by atoms with van der Waals surface area (Å²) in [5.41, 5.74) is 1.78. The van der Waals surface area contributed by atoms with Crippen LogP contribution in [0.4, 0.5) is 0 Å². The maximum absolute atomic E-state index is 12.4. The molecule has 0 aliphatic rings. The molecule has 2 rings (SSSR count). The summed E-state index contributed by atoms with van der Waals surface area (Å²) in [7, 11) is 0. The smallest absolute Gasteiger partial charge is 0.303 e. The Morgan fingerprint density at radius 1 is 1.26 bits per heavy atom. The van der Waals surface area contributed by atoms with Crippen molar-refractivity contribution < 1.29 is 14.7 Å². The Bertz CT molecular complexity index is 682. The summed E-state index contributed by atoms with van der Waals surface area (Å²) in [6.45, 7) is 3.67. The van der Waals surface area contributed by atoms with E-state index in [1.165, 1.54) is 11.3 Å². The van der Waals surface area contributed by atoms with E-state index in [1.807, 2.05) is 44.2 Å². The zero-order valence-electron chi connectivity index (χ0n) is 13.2. The van der Waals surface area contributed by atoms with Gasteiger partial charge < -0.3 is 10.4 Å². The highest BCUT2D eigenvalue weighted by molar-refractivity contribution is 7.13. The maximum atomic E-state index is 12.4. The second-order valence-electron chi connectivity index (χ2n) is 5.44. The number of nitrogens with zero attached hydrogens (tertiary/aromatic N) is 1. The van der Waals surface area contributed by atoms with Crippen LogP contribution in [0.2, 0.25) is 0 Å². The molecule has 1 aromatic heterocycles. The largest absolute Gasteiger partial charge is 0.481 e. The molecule has 122 valence electrons. The summed E-state index contributed by atoms with van der Waals surface area (Å²) in [6, 6.07) is 9.52. The van der Waals surface area contributed by atoms with Crippen LogP contribution in [0.25, 0.3) is 0 Å². The molecule has 1 heterocycles. The van der Waals surface area contributed by atoms with Crippen molar-refractivity contribution in [1.82, 2.24) is 10.3 Å². The van der Waals surface area contributed by atoms with E-state index in [-0.39, 0.29) is 18.4 Å². The fourth-order valence-electron chi connectivity index (χ4n) is 2.41. The van der Waals surface area contributed by atoms with E-state index in [9.17, 15) is 9.59 Å². The predicted molar refractivity (Wildman–Crippen MR) is 89.9 cm³/mol. The van der Waals surface area contributed by atoms with Crippen molar-refractivity contribution in [1.29, 1.82) is 0 Å². The van der Waals surface area contributed by atoms with E-state index in [0.717, 1.165) is 10.6 Å². The summed E-state index contributed by atoms with van der Waals surface area (Å²) in [5, 5.41) is 12.7. The minimum absolute atomic E-state index is 0.0263. The zero-order valence-corrected chi connectivity index (χ0v) is 14.0. The standard InChI is InChI=1S/C17H20N2O3S/c1-11-16(23-12(2)18-11)17(22)19-14(8-9-15(20)21)10-13-6-4-3-5-7-13/h3-7,14H,8-10H2,1-2H3,(H,19,22)(H,20,21). The Morgan fingerprint density at radius 2 is 1.96 bits per heavy atom. The maximum Gasteiger partial charge on any atom is 0.303 e. The number of nitrogens with one attached hydrogen (secondary N) is 1. The van der Waals surface area contributed by atoms with Gasteiger partial charge in [0.2, 0.25) is 0 Å². The molecule has 5 nitrogen and oxygen atoms in total. The topological polar surface area (TPSA) is 79.3 Å². The van der Waals surface area contributed by atoms with E-state index >= 15 is 0 Å². The number of hydrogen-bond acceptors (Lipinski definition) is 4. The highest BCUT2D eigenvalue weighted by atomic mass is 32.1. The lowest BCUT2D eigenvalue weighted by Crippen LogP contribution is -2.36. The molecule has 2 N–H and O–H groups in total. The van der Waals surface area contributed by atoms with E-state index in [2.05, 4.69) is 10.3 Å². The lowest BCUT2D eigenvalue weighted by Gasteiger charge is -2.18. The molecule has 0 spiro atoms. The third-order valence-corrected chi connectivity index (χ3v) is 4.55. The summed E-state index contributed by atoms with van der Waals surface area (Å²) in [4.78, 5) is 28.1. The number of aryl methyl sites for hydroxylation is 2. The van der Waals surface area contributed by atoms with Gasteiger partial charge in [-0.15, -0.1) is 11.3 Å². The fourth-order valence-corrected chi connectivity index (χ4v) is 3.24. The van der Waals surface area contributed by atoms with Crippen LogP contribution in [0, 0.1) is 13.8 Å². The van der Waals surface area contributed by atoms with Gasteiger partial charge in [0.1, 0.15) is 4.88 Å².